The molecule has 1 fully saturated rings. The van der Waals surface area contributed by atoms with E-state index in [-0.39, 0.29) is 22.3 Å². The van der Waals surface area contributed by atoms with Crippen LogP contribution >= 0.6 is 0 Å². The molecule has 1 N–H and O–H groups in total. The third-order valence-corrected chi connectivity index (χ3v) is 6.52. The van der Waals surface area contributed by atoms with Crippen molar-refractivity contribution in [3.63, 3.8) is 0 Å². The molecule has 2 aromatic rings. The molecule has 0 aromatic carbocycles. The topological polar surface area (TPSA) is 109 Å². The zero-order valence-corrected chi connectivity index (χ0v) is 17.1. The summed E-state index contributed by atoms with van der Waals surface area (Å²) in [4.78, 5) is 20.9. The number of aryl methyl sites for hydroxylation is 2. The monoisotopic (exact) mass is 407 g/mol. The van der Waals surface area contributed by atoms with Crippen LogP contribution in [-0.4, -0.2) is 66.5 Å². The molecule has 0 spiro atoms. The van der Waals surface area contributed by atoms with Crippen molar-refractivity contribution in [1.82, 2.24) is 24.7 Å². The number of sulfonamides is 1. The lowest BCUT2D eigenvalue weighted by molar-refractivity contribution is -0.134. The van der Waals surface area contributed by atoms with E-state index in [2.05, 4.69) is 19.8 Å². The summed E-state index contributed by atoms with van der Waals surface area (Å²) in [5, 5.41) is 3.67. The summed E-state index contributed by atoms with van der Waals surface area (Å²) in [6.07, 6.45) is 1.77. The van der Waals surface area contributed by atoms with Crippen molar-refractivity contribution in [2.24, 2.45) is 0 Å². The molecule has 0 unspecified atom stereocenters. The Balaban J connectivity index is 1.56. The van der Waals surface area contributed by atoms with Gasteiger partial charge in [0, 0.05) is 38.9 Å². The molecule has 9 nitrogen and oxygen atoms in total. The molecule has 3 rings (SSSR count). The van der Waals surface area contributed by atoms with Gasteiger partial charge in [-0.1, -0.05) is 11.2 Å². The molecular formula is C18H25N5O4S. The lowest BCUT2D eigenvalue weighted by Crippen LogP contribution is -2.53. The minimum absolute atomic E-state index is 0.00710. The van der Waals surface area contributed by atoms with Crippen molar-refractivity contribution in [2.75, 3.05) is 26.2 Å². The van der Waals surface area contributed by atoms with Crippen LogP contribution in [0.5, 0.6) is 0 Å². The van der Waals surface area contributed by atoms with Gasteiger partial charge in [-0.25, -0.2) is 8.42 Å². The highest BCUT2D eigenvalue weighted by Gasteiger charge is 2.31. The van der Waals surface area contributed by atoms with Crippen molar-refractivity contribution in [3.05, 3.63) is 41.5 Å². The zero-order chi connectivity index (χ0) is 20.3. The standard InChI is InChI=1S/C18H25N5O4S/c1-13-17(15(3)27-20-13)28(25,26)21-14(2)18(24)23-10-8-22(9-11-23)12-16-6-4-5-7-19-16/h4-7,14,21H,8-12H2,1-3H3/t14-/m0/s1. The van der Waals surface area contributed by atoms with Gasteiger partial charge in [0.2, 0.25) is 15.9 Å². The molecular weight excluding hydrogens is 382 g/mol. The Labute approximate surface area is 164 Å². The first-order valence-electron chi connectivity index (χ1n) is 9.14. The molecule has 0 aliphatic carbocycles. The van der Waals surface area contributed by atoms with E-state index in [1.807, 2.05) is 18.2 Å². The Morgan fingerprint density at radius 1 is 1.25 bits per heavy atom. The Kier molecular flexibility index (Phi) is 6.11. The number of carbonyl (C=O) groups excluding carboxylic acids is 1. The van der Waals surface area contributed by atoms with E-state index in [0.29, 0.717) is 26.2 Å². The second kappa shape index (κ2) is 8.38. The summed E-state index contributed by atoms with van der Waals surface area (Å²) in [5.41, 5.74) is 1.26. The van der Waals surface area contributed by atoms with Crippen molar-refractivity contribution in [2.45, 2.75) is 38.3 Å². The molecule has 0 radical (unpaired) electrons. The van der Waals surface area contributed by atoms with E-state index in [9.17, 15) is 13.2 Å². The van der Waals surface area contributed by atoms with Gasteiger partial charge in [0.15, 0.2) is 5.76 Å². The van der Waals surface area contributed by atoms with Gasteiger partial charge >= 0.3 is 0 Å². The number of nitrogens with one attached hydrogen (secondary N) is 1. The fraction of sp³-hybridized carbons (Fsp3) is 0.500. The molecule has 1 amide bonds. The Hall–Kier alpha value is -2.30. The summed E-state index contributed by atoms with van der Waals surface area (Å²) in [6.45, 7) is 7.89. The van der Waals surface area contributed by atoms with Gasteiger partial charge in [0.25, 0.3) is 0 Å². The minimum Gasteiger partial charge on any atom is -0.360 e. The number of nitrogens with zero attached hydrogens (tertiary/aromatic N) is 4. The number of carbonyl (C=O) groups is 1. The van der Waals surface area contributed by atoms with Crippen LogP contribution in [0.3, 0.4) is 0 Å². The quantitative estimate of drug-likeness (QED) is 0.751. The smallest absolute Gasteiger partial charge is 0.246 e. The van der Waals surface area contributed by atoms with Crippen molar-refractivity contribution in [3.8, 4) is 0 Å². The van der Waals surface area contributed by atoms with Crippen molar-refractivity contribution in [1.29, 1.82) is 0 Å². The fourth-order valence-corrected chi connectivity index (χ4v) is 4.85. The number of hydrogen-bond acceptors (Lipinski definition) is 7. The fourth-order valence-electron chi connectivity index (χ4n) is 3.32. The van der Waals surface area contributed by atoms with Crippen LogP contribution in [-0.2, 0) is 21.4 Å². The number of amides is 1. The second-order valence-corrected chi connectivity index (χ2v) is 8.57. The van der Waals surface area contributed by atoms with Crippen LogP contribution < -0.4 is 4.72 Å². The Morgan fingerprint density at radius 3 is 2.54 bits per heavy atom. The van der Waals surface area contributed by atoms with Gasteiger partial charge < -0.3 is 9.42 Å². The van der Waals surface area contributed by atoms with E-state index < -0.39 is 16.1 Å². The maximum absolute atomic E-state index is 12.7. The number of rotatable bonds is 6. The highest BCUT2D eigenvalue weighted by molar-refractivity contribution is 7.89. The van der Waals surface area contributed by atoms with E-state index in [4.69, 9.17) is 4.52 Å². The van der Waals surface area contributed by atoms with Gasteiger partial charge in [0.1, 0.15) is 10.6 Å². The lowest BCUT2D eigenvalue weighted by atomic mass is 10.2. The molecule has 10 heteroatoms. The van der Waals surface area contributed by atoms with Crippen LogP contribution in [0, 0.1) is 13.8 Å². The third-order valence-electron chi connectivity index (χ3n) is 4.73. The number of pyridine rings is 1. The average Bonchev–Trinajstić information content (AvgIpc) is 3.01. The van der Waals surface area contributed by atoms with Gasteiger partial charge in [-0.15, -0.1) is 0 Å². The molecule has 1 atom stereocenters. The molecule has 1 saturated heterocycles. The normalized spacial score (nSPS) is 16.9. The van der Waals surface area contributed by atoms with Gasteiger partial charge in [0.05, 0.1) is 11.7 Å². The molecule has 28 heavy (non-hydrogen) atoms. The van der Waals surface area contributed by atoms with Crippen LogP contribution in [0.2, 0.25) is 0 Å². The predicted molar refractivity (Wildman–Crippen MR) is 102 cm³/mol. The van der Waals surface area contributed by atoms with Gasteiger partial charge in [-0.2, -0.15) is 4.72 Å². The largest absolute Gasteiger partial charge is 0.360 e. The van der Waals surface area contributed by atoms with E-state index in [0.717, 1.165) is 12.2 Å². The summed E-state index contributed by atoms with van der Waals surface area (Å²) in [7, 11) is -3.89. The molecule has 1 aliphatic rings. The molecule has 0 saturated carbocycles. The molecule has 2 aromatic heterocycles. The Bertz CT molecular complexity index is 901. The number of aromatic nitrogens is 2. The van der Waals surface area contributed by atoms with Crippen LogP contribution in [0.25, 0.3) is 0 Å². The Morgan fingerprint density at radius 2 is 1.96 bits per heavy atom. The molecule has 152 valence electrons. The van der Waals surface area contributed by atoms with Crippen LogP contribution in [0.1, 0.15) is 24.1 Å². The van der Waals surface area contributed by atoms with Crippen LogP contribution in [0.15, 0.2) is 33.8 Å². The second-order valence-electron chi connectivity index (χ2n) is 6.92. The molecule has 1 aliphatic heterocycles. The van der Waals surface area contributed by atoms with Gasteiger partial charge in [-0.05, 0) is 32.9 Å². The number of hydrogen-bond donors (Lipinski definition) is 1. The summed E-state index contributed by atoms with van der Waals surface area (Å²) < 4.78 is 32.6. The van der Waals surface area contributed by atoms with Crippen molar-refractivity contribution < 1.29 is 17.7 Å². The van der Waals surface area contributed by atoms with Crippen molar-refractivity contribution >= 4 is 15.9 Å². The molecule has 3 heterocycles. The zero-order valence-electron chi connectivity index (χ0n) is 16.3. The lowest BCUT2D eigenvalue weighted by Gasteiger charge is -2.35. The predicted octanol–water partition coefficient (Wildman–Crippen LogP) is 0.698. The average molecular weight is 407 g/mol. The SMILES string of the molecule is Cc1noc(C)c1S(=O)(=O)N[C@@H](C)C(=O)N1CCN(Cc2ccccn2)CC1. The highest BCUT2D eigenvalue weighted by atomic mass is 32.2. The molecule has 0 bridgehead atoms. The van der Waals surface area contributed by atoms with E-state index in [1.54, 1.807) is 24.9 Å². The first-order valence-corrected chi connectivity index (χ1v) is 10.6. The number of piperazine rings is 1. The summed E-state index contributed by atoms with van der Waals surface area (Å²) >= 11 is 0. The van der Waals surface area contributed by atoms with Gasteiger partial charge in [-0.3, -0.25) is 14.7 Å². The maximum Gasteiger partial charge on any atom is 0.246 e. The maximum atomic E-state index is 12.7. The first kappa shape index (κ1) is 20.4. The minimum atomic E-state index is -3.89. The highest BCUT2D eigenvalue weighted by Crippen LogP contribution is 2.19. The van der Waals surface area contributed by atoms with E-state index in [1.165, 1.54) is 6.92 Å². The first-order chi connectivity index (χ1) is 13.3. The summed E-state index contributed by atoms with van der Waals surface area (Å²) in [5.74, 6) is -0.0411. The van der Waals surface area contributed by atoms with Crippen LogP contribution in [0.4, 0.5) is 0 Å². The summed E-state index contributed by atoms with van der Waals surface area (Å²) in [6, 6.07) is 4.93. The van der Waals surface area contributed by atoms with E-state index >= 15 is 0 Å². The third kappa shape index (κ3) is 4.57.